The number of hydrogen-bond donors (Lipinski definition) is 1. The van der Waals surface area contributed by atoms with Crippen molar-refractivity contribution in [1.82, 2.24) is 0 Å². The van der Waals surface area contributed by atoms with Crippen LogP contribution in [0.25, 0.3) is 0 Å². The highest BCUT2D eigenvalue weighted by molar-refractivity contribution is 6.66. The molecule has 0 aliphatic carbocycles. The molecule has 3 heteroatoms. The second kappa shape index (κ2) is 2.55. The van der Waals surface area contributed by atoms with Crippen molar-refractivity contribution in [3.63, 3.8) is 0 Å². The van der Waals surface area contributed by atoms with Crippen LogP contribution in [0.2, 0.25) is 0 Å². The molecule has 1 aromatic rings. The predicted molar refractivity (Wildman–Crippen MR) is 47.9 cm³/mol. The van der Waals surface area contributed by atoms with Crippen molar-refractivity contribution in [3.8, 4) is 0 Å². The van der Waals surface area contributed by atoms with Crippen LogP contribution in [0.4, 0.5) is 11.4 Å². The molecule has 11 heavy (non-hydrogen) atoms. The van der Waals surface area contributed by atoms with E-state index in [2.05, 4.69) is 10.3 Å². The summed E-state index contributed by atoms with van der Waals surface area (Å²) in [6.07, 6.45) is 0. The molecule has 1 heterocycles. The van der Waals surface area contributed by atoms with E-state index >= 15 is 0 Å². The second-order valence-corrected chi connectivity index (χ2v) is 2.80. The molecule has 0 amide bonds. The van der Waals surface area contributed by atoms with Crippen LogP contribution in [-0.4, -0.2) is 11.7 Å². The smallest absolute Gasteiger partial charge is 0.126 e. The molecule has 0 aromatic heterocycles. The average molecular weight is 167 g/mol. The maximum absolute atomic E-state index is 5.73. The molecule has 1 aliphatic rings. The number of halogens is 1. The van der Waals surface area contributed by atoms with Gasteiger partial charge in [-0.1, -0.05) is 23.7 Å². The van der Waals surface area contributed by atoms with E-state index < -0.39 is 0 Å². The van der Waals surface area contributed by atoms with Crippen LogP contribution in [0, 0.1) is 0 Å². The van der Waals surface area contributed by atoms with E-state index in [1.54, 1.807) is 0 Å². The normalized spacial score (nSPS) is 14.8. The van der Waals surface area contributed by atoms with Gasteiger partial charge >= 0.3 is 0 Å². The highest BCUT2D eigenvalue weighted by Crippen LogP contribution is 2.27. The second-order valence-electron chi connectivity index (χ2n) is 2.36. The summed E-state index contributed by atoms with van der Waals surface area (Å²) in [7, 11) is 0. The van der Waals surface area contributed by atoms with E-state index in [1.807, 2.05) is 24.3 Å². The van der Waals surface area contributed by atoms with Gasteiger partial charge in [-0.15, -0.1) is 0 Å². The fourth-order valence-corrected chi connectivity index (χ4v) is 1.22. The van der Waals surface area contributed by atoms with E-state index in [4.69, 9.17) is 11.6 Å². The standard InChI is InChI=1S/C8H7ClN2/c9-8-5-10-6-3-1-2-4-7(6)11-8/h1-4,10H,5H2. The van der Waals surface area contributed by atoms with Crippen molar-refractivity contribution in [3.05, 3.63) is 24.3 Å². The van der Waals surface area contributed by atoms with Crippen molar-refractivity contribution < 1.29 is 0 Å². The SMILES string of the molecule is ClC1=Nc2ccccc2NC1. The van der Waals surface area contributed by atoms with Gasteiger partial charge in [-0.05, 0) is 12.1 Å². The van der Waals surface area contributed by atoms with Gasteiger partial charge in [0.15, 0.2) is 0 Å². The Balaban J connectivity index is 2.51. The van der Waals surface area contributed by atoms with Gasteiger partial charge in [-0.25, -0.2) is 4.99 Å². The molecule has 0 saturated heterocycles. The monoisotopic (exact) mass is 166 g/mol. The van der Waals surface area contributed by atoms with Crippen LogP contribution >= 0.6 is 11.6 Å². The highest BCUT2D eigenvalue weighted by atomic mass is 35.5. The minimum absolute atomic E-state index is 0.615. The van der Waals surface area contributed by atoms with Crippen LogP contribution in [0.3, 0.4) is 0 Å². The largest absolute Gasteiger partial charge is 0.377 e. The average Bonchev–Trinajstić information content (AvgIpc) is 2.04. The van der Waals surface area contributed by atoms with Crippen molar-refractivity contribution in [2.75, 3.05) is 11.9 Å². The summed E-state index contributed by atoms with van der Waals surface area (Å²) >= 11 is 5.73. The number of fused-ring (bicyclic) bond motifs is 1. The maximum Gasteiger partial charge on any atom is 0.126 e. The molecule has 0 spiro atoms. The summed E-state index contributed by atoms with van der Waals surface area (Å²) in [5.41, 5.74) is 1.97. The summed E-state index contributed by atoms with van der Waals surface area (Å²) < 4.78 is 0. The topological polar surface area (TPSA) is 24.4 Å². The Morgan fingerprint density at radius 1 is 1.36 bits per heavy atom. The lowest BCUT2D eigenvalue weighted by molar-refractivity contribution is 1.32. The van der Waals surface area contributed by atoms with Gasteiger partial charge in [0, 0.05) is 0 Å². The number of hydrogen-bond acceptors (Lipinski definition) is 2. The summed E-state index contributed by atoms with van der Waals surface area (Å²) in [6.45, 7) is 0.637. The number of aliphatic imine (C=N–C) groups is 1. The van der Waals surface area contributed by atoms with E-state index in [1.165, 1.54) is 0 Å². The lowest BCUT2D eigenvalue weighted by Crippen LogP contribution is -2.12. The van der Waals surface area contributed by atoms with Crippen LogP contribution in [0.1, 0.15) is 0 Å². The molecule has 0 fully saturated rings. The third kappa shape index (κ3) is 1.21. The first-order chi connectivity index (χ1) is 5.36. The van der Waals surface area contributed by atoms with Crippen molar-refractivity contribution in [1.29, 1.82) is 0 Å². The lowest BCUT2D eigenvalue weighted by atomic mass is 10.2. The minimum atomic E-state index is 0.615. The molecule has 56 valence electrons. The van der Waals surface area contributed by atoms with Crippen LogP contribution in [0.5, 0.6) is 0 Å². The summed E-state index contributed by atoms with van der Waals surface area (Å²) in [4.78, 5) is 4.17. The molecular formula is C8H7ClN2. The molecule has 0 bridgehead atoms. The zero-order valence-corrected chi connectivity index (χ0v) is 6.60. The molecule has 0 atom stereocenters. The molecule has 1 N–H and O–H groups in total. The van der Waals surface area contributed by atoms with Crippen molar-refractivity contribution in [2.45, 2.75) is 0 Å². The Labute approximate surface area is 69.9 Å². The summed E-state index contributed by atoms with van der Waals surface area (Å²) in [6, 6.07) is 7.84. The first-order valence-electron chi connectivity index (χ1n) is 3.42. The van der Waals surface area contributed by atoms with Crippen molar-refractivity contribution >= 4 is 28.1 Å². The highest BCUT2D eigenvalue weighted by Gasteiger charge is 2.06. The minimum Gasteiger partial charge on any atom is -0.377 e. The van der Waals surface area contributed by atoms with Crippen molar-refractivity contribution in [2.24, 2.45) is 4.99 Å². The first kappa shape index (κ1) is 6.68. The van der Waals surface area contributed by atoms with E-state index in [9.17, 15) is 0 Å². The molecule has 1 aliphatic heterocycles. The van der Waals surface area contributed by atoms with Gasteiger partial charge in [-0.3, -0.25) is 0 Å². The number of benzene rings is 1. The zero-order chi connectivity index (χ0) is 7.68. The van der Waals surface area contributed by atoms with Gasteiger partial charge in [0.05, 0.1) is 17.9 Å². The Bertz CT molecular complexity index is 307. The Kier molecular flexibility index (Phi) is 1.55. The van der Waals surface area contributed by atoms with E-state index in [0.717, 1.165) is 11.4 Å². The first-order valence-corrected chi connectivity index (χ1v) is 3.80. The molecule has 0 unspecified atom stereocenters. The summed E-state index contributed by atoms with van der Waals surface area (Å²) in [5, 5.41) is 3.76. The Morgan fingerprint density at radius 2 is 2.18 bits per heavy atom. The third-order valence-electron chi connectivity index (χ3n) is 1.57. The number of para-hydroxylation sites is 2. The third-order valence-corrected chi connectivity index (χ3v) is 1.79. The molecule has 0 radical (unpaired) electrons. The van der Waals surface area contributed by atoms with Gasteiger partial charge in [-0.2, -0.15) is 0 Å². The number of anilines is 1. The lowest BCUT2D eigenvalue weighted by Gasteiger charge is -2.13. The molecule has 2 nitrogen and oxygen atoms in total. The number of nitrogens with one attached hydrogen (secondary N) is 1. The molecular weight excluding hydrogens is 160 g/mol. The molecule has 0 saturated carbocycles. The van der Waals surface area contributed by atoms with Crippen LogP contribution in [-0.2, 0) is 0 Å². The summed E-state index contributed by atoms with van der Waals surface area (Å²) in [5.74, 6) is 0. The predicted octanol–water partition coefficient (Wildman–Crippen LogP) is 2.38. The van der Waals surface area contributed by atoms with Gasteiger partial charge in [0.25, 0.3) is 0 Å². The van der Waals surface area contributed by atoms with Gasteiger partial charge < -0.3 is 5.32 Å². The van der Waals surface area contributed by atoms with Crippen LogP contribution in [0.15, 0.2) is 29.3 Å². The quantitative estimate of drug-likeness (QED) is 0.629. The maximum atomic E-state index is 5.73. The van der Waals surface area contributed by atoms with Gasteiger partial charge in [0.2, 0.25) is 0 Å². The Hall–Kier alpha value is -1.02. The fourth-order valence-electron chi connectivity index (χ4n) is 1.06. The number of rotatable bonds is 0. The van der Waals surface area contributed by atoms with Gasteiger partial charge in [0.1, 0.15) is 5.17 Å². The number of nitrogens with zero attached hydrogens (tertiary/aromatic N) is 1. The fraction of sp³-hybridized carbons (Fsp3) is 0.125. The molecule has 1 aromatic carbocycles. The Morgan fingerprint density at radius 3 is 3.09 bits per heavy atom. The zero-order valence-electron chi connectivity index (χ0n) is 5.84. The molecule has 2 rings (SSSR count). The van der Waals surface area contributed by atoms with E-state index in [0.29, 0.717) is 11.7 Å². The van der Waals surface area contributed by atoms with E-state index in [-0.39, 0.29) is 0 Å². The van der Waals surface area contributed by atoms with Crippen LogP contribution < -0.4 is 5.32 Å².